The topological polar surface area (TPSA) is 102 Å². The summed E-state index contributed by atoms with van der Waals surface area (Å²) in [5, 5.41) is 19.6. The maximum Gasteiger partial charge on any atom is 0.431 e. The molecule has 9 heteroatoms. The highest BCUT2D eigenvalue weighted by Gasteiger charge is 2.32. The number of alkyl halides is 3. The lowest BCUT2D eigenvalue weighted by Gasteiger charge is -2.13. The van der Waals surface area contributed by atoms with Gasteiger partial charge in [-0.2, -0.15) is 13.2 Å². The molecular weight excluding hydrogens is 269 g/mol. The maximum absolute atomic E-state index is 12.3. The summed E-state index contributed by atoms with van der Waals surface area (Å²) in [6.07, 6.45) is -4.72. The Hall–Kier alpha value is -1.87. The van der Waals surface area contributed by atoms with Gasteiger partial charge in [0.05, 0.1) is 19.3 Å². The Labute approximate surface area is 104 Å². The van der Waals surface area contributed by atoms with Gasteiger partial charge in [-0.15, -0.1) is 0 Å². The van der Waals surface area contributed by atoms with Gasteiger partial charge in [0.15, 0.2) is 0 Å². The standard InChI is InChI=1S/C10H11F3N2O4/c11-10(12,13)7-2-1-6(9(19)15-7)8(18)14-5(3-16)4-17/h1-2,5,16-17H,3-4H2,(H,14,18)(H,15,19). The summed E-state index contributed by atoms with van der Waals surface area (Å²) in [7, 11) is 0. The lowest BCUT2D eigenvalue weighted by atomic mass is 10.2. The fourth-order valence-electron chi connectivity index (χ4n) is 1.23. The first-order valence-corrected chi connectivity index (χ1v) is 5.12. The molecule has 106 valence electrons. The smallest absolute Gasteiger partial charge is 0.394 e. The van der Waals surface area contributed by atoms with Crippen LogP contribution in [-0.2, 0) is 6.18 Å². The van der Waals surface area contributed by atoms with Gasteiger partial charge in [0.1, 0.15) is 11.3 Å². The Morgan fingerprint density at radius 3 is 2.32 bits per heavy atom. The number of carbonyl (C=O) groups excluding carboxylic acids is 1. The van der Waals surface area contributed by atoms with Crippen molar-refractivity contribution in [2.24, 2.45) is 0 Å². The van der Waals surface area contributed by atoms with Crippen molar-refractivity contribution in [2.75, 3.05) is 13.2 Å². The molecule has 0 aliphatic rings. The molecule has 1 aromatic heterocycles. The van der Waals surface area contributed by atoms with E-state index >= 15 is 0 Å². The highest BCUT2D eigenvalue weighted by atomic mass is 19.4. The van der Waals surface area contributed by atoms with E-state index in [4.69, 9.17) is 10.2 Å². The van der Waals surface area contributed by atoms with Gasteiger partial charge in [-0.25, -0.2) is 0 Å². The quantitative estimate of drug-likeness (QED) is 0.595. The van der Waals surface area contributed by atoms with Crippen LogP contribution in [0.15, 0.2) is 16.9 Å². The van der Waals surface area contributed by atoms with Crippen molar-refractivity contribution in [1.29, 1.82) is 0 Å². The lowest BCUT2D eigenvalue weighted by molar-refractivity contribution is -0.141. The second-order valence-electron chi connectivity index (χ2n) is 3.65. The van der Waals surface area contributed by atoms with Crippen LogP contribution < -0.4 is 10.9 Å². The molecule has 0 radical (unpaired) electrons. The Bertz CT molecular complexity index is 508. The molecule has 4 N–H and O–H groups in total. The lowest BCUT2D eigenvalue weighted by Crippen LogP contribution is -2.42. The number of pyridine rings is 1. The average molecular weight is 280 g/mol. The van der Waals surface area contributed by atoms with Crippen LogP contribution in [0.2, 0.25) is 0 Å². The summed E-state index contributed by atoms with van der Waals surface area (Å²) >= 11 is 0. The van der Waals surface area contributed by atoms with Crippen LogP contribution in [0.1, 0.15) is 16.1 Å². The van der Waals surface area contributed by atoms with Gasteiger partial charge in [-0.1, -0.05) is 0 Å². The van der Waals surface area contributed by atoms with Crippen molar-refractivity contribution >= 4 is 5.91 Å². The molecule has 0 fully saturated rings. The van der Waals surface area contributed by atoms with E-state index in [1.54, 1.807) is 0 Å². The molecule has 19 heavy (non-hydrogen) atoms. The average Bonchev–Trinajstić information content (AvgIpc) is 2.34. The molecule has 0 aliphatic carbocycles. The van der Waals surface area contributed by atoms with Crippen molar-refractivity contribution in [3.63, 3.8) is 0 Å². The van der Waals surface area contributed by atoms with Gasteiger partial charge < -0.3 is 20.5 Å². The minimum atomic E-state index is -4.72. The number of carbonyl (C=O) groups is 1. The Morgan fingerprint density at radius 2 is 1.89 bits per heavy atom. The van der Waals surface area contributed by atoms with Crippen molar-refractivity contribution in [2.45, 2.75) is 12.2 Å². The molecule has 0 atom stereocenters. The molecule has 1 rings (SSSR count). The summed E-state index contributed by atoms with van der Waals surface area (Å²) < 4.78 is 36.8. The highest BCUT2D eigenvalue weighted by Crippen LogP contribution is 2.26. The summed E-state index contributed by atoms with van der Waals surface area (Å²) in [6, 6.07) is 0.292. The number of hydrogen-bond donors (Lipinski definition) is 4. The third-order valence-corrected chi connectivity index (χ3v) is 2.24. The van der Waals surface area contributed by atoms with Crippen molar-refractivity contribution in [3.8, 4) is 0 Å². The molecule has 1 aromatic rings. The summed E-state index contributed by atoms with van der Waals surface area (Å²) in [6.45, 7) is -1.14. The monoisotopic (exact) mass is 280 g/mol. The Balaban J connectivity index is 2.97. The highest BCUT2D eigenvalue weighted by molar-refractivity contribution is 5.94. The minimum Gasteiger partial charge on any atom is -0.394 e. The molecule has 0 unspecified atom stereocenters. The maximum atomic E-state index is 12.3. The van der Waals surface area contributed by atoms with Crippen molar-refractivity contribution < 1.29 is 28.2 Å². The van der Waals surface area contributed by atoms with E-state index in [9.17, 15) is 22.8 Å². The van der Waals surface area contributed by atoms with E-state index in [0.29, 0.717) is 6.07 Å². The van der Waals surface area contributed by atoms with Crippen LogP contribution in [0.25, 0.3) is 0 Å². The Morgan fingerprint density at radius 1 is 1.32 bits per heavy atom. The number of amides is 1. The van der Waals surface area contributed by atoms with Gasteiger partial charge in [0.2, 0.25) is 0 Å². The van der Waals surface area contributed by atoms with Crippen LogP contribution in [-0.4, -0.2) is 40.4 Å². The number of rotatable bonds is 4. The van der Waals surface area contributed by atoms with Gasteiger partial charge >= 0.3 is 6.18 Å². The van der Waals surface area contributed by atoms with Crippen LogP contribution in [0.3, 0.4) is 0 Å². The van der Waals surface area contributed by atoms with Crippen LogP contribution in [0, 0.1) is 0 Å². The fraction of sp³-hybridized carbons (Fsp3) is 0.400. The molecule has 0 saturated carbocycles. The normalized spacial score (nSPS) is 11.7. The number of aromatic amines is 1. The number of nitrogens with one attached hydrogen (secondary N) is 2. The first-order valence-electron chi connectivity index (χ1n) is 5.12. The first kappa shape index (κ1) is 15.2. The summed E-state index contributed by atoms with van der Waals surface area (Å²) in [4.78, 5) is 24.4. The SMILES string of the molecule is O=C(NC(CO)CO)c1ccc(C(F)(F)F)[nH]c1=O. The van der Waals surface area contributed by atoms with Crippen molar-refractivity contribution in [1.82, 2.24) is 10.3 Å². The second kappa shape index (κ2) is 5.85. The molecule has 1 amide bonds. The van der Waals surface area contributed by atoms with Gasteiger partial charge in [0, 0.05) is 0 Å². The van der Waals surface area contributed by atoms with Gasteiger partial charge in [0.25, 0.3) is 11.5 Å². The Kier molecular flexibility index (Phi) is 4.67. The number of halogens is 3. The molecule has 0 spiro atoms. The molecule has 6 nitrogen and oxygen atoms in total. The predicted octanol–water partition coefficient (Wildman–Crippen LogP) is -0.523. The zero-order chi connectivity index (χ0) is 14.6. The third kappa shape index (κ3) is 3.80. The molecule has 0 saturated heterocycles. The number of hydrogen-bond acceptors (Lipinski definition) is 4. The van der Waals surface area contributed by atoms with E-state index in [0.717, 1.165) is 6.07 Å². The minimum absolute atomic E-state index is 0.542. The summed E-state index contributed by atoms with van der Waals surface area (Å²) in [5.74, 6) is -0.983. The van der Waals surface area contributed by atoms with E-state index in [-0.39, 0.29) is 0 Å². The number of H-pyrrole nitrogens is 1. The first-order chi connectivity index (χ1) is 8.79. The van der Waals surface area contributed by atoms with E-state index in [2.05, 4.69) is 5.32 Å². The predicted molar refractivity (Wildman–Crippen MR) is 57.5 cm³/mol. The molecule has 0 aliphatic heterocycles. The molecular formula is C10H11F3N2O4. The van der Waals surface area contributed by atoms with E-state index in [1.807, 2.05) is 0 Å². The summed E-state index contributed by atoms with van der Waals surface area (Å²) in [5.41, 5.74) is -3.02. The number of aliphatic hydroxyl groups excluding tert-OH is 2. The third-order valence-electron chi connectivity index (χ3n) is 2.24. The molecule has 0 aromatic carbocycles. The van der Waals surface area contributed by atoms with E-state index in [1.165, 1.54) is 4.98 Å². The molecule has 1 heterocycles. The second-order valence-corrected chi connectivity index (χ2v) is 3.65. The number of aromatic nitrogens is 1. The zero-order valence-corrected chi connectivity index (χ0v) is 9.49. The van der Waals surface area contributed by atoms with Crippen LogP contribution in [0.4, 0.5) is 13.2 Å². The van der Waals surface area contributed by atoms with Crippen molar-refractivity contribution in [3.05, 3.63) is 33.7 Å². The van der Waals surface area contributed by atoms with E-state index < -0.39 is 48.2 Å². The number of aliphatic hydroxyl groups is 2. The molecule has 0 bridgehead atoms. The van der Waals surface area contributed by atoms with Crippen LogP contribution in [0.5, 0.6) is 0 Å². The zero-order valence-electron chi connectivity index (χ0n) is 9.49. The van der Waals surface area contributed by atoms with Crippen LogP contribution >= 0.6 is 0 Å². The largest absolute Gasteiger partial charge is 0.431 e. The van der Waals surface area contributed by atoms with Gasteiger partial charge in [-0.3, -0.25) is 9.59 Å². The fourth-order valence-corrected chi connectivity index (χ4v) is 1.23. The van der Waals surface area contributed by atoms with Gasteiger partial charge in [-0.05, 0) is 12.1 Å².